The summed E-state index contributed by atoms with van der Waals surface area (Å²) < 4.78 is 0. The third kappa shape index (κ3) is 3.01. The van der Waals surface area contributed by atoms with Gasteiger partial charge in [0.2, 0.25) is 5.91 Å². The minimum Gasteiger partial charge on any atom is -0.359 e. The van der Waals surface area contributed by atoms with E-state index in [1.807, 2.05) is 0 Å². The van der Waals surface area contributed by atoms with Gasteiger partial charge in [0.15, 0.2) is 0 Å². The van der Waals surface area contributed by atoms with Crippen LogP contribution in [-0.4, -0.2) is 85.5 Å². The maximum atomic E-state index is 13.5. The second-order valence-electron chi connectivity index (χ2n) is 9.60. The third-order valence-electron chi connectivity index (χ3n) is 7.70. The van der Waals surface area contributed by atoms with Crippen LogP contribution in [0.15, 0.2) is 42.6 Å². The van der Waals surface area contributed by atoms with Crippen molar-refractivity contribution in [3.05, 3.63) is 53.7 Å². The van der Waals surface area contributed by atoms with Gasteiger partial charge in [-0.15, -0.1) is 0 Å². The number of nitrogens with zero attached hydrogens (tertiary/aromatic N) is 4. The number of hydrogen-bond acceptors (Lipinski definition) is 6. The van der Waals surface area contributed by atoms with Crippen molar-refractivity contribution in [1.82, 2.24) is 20.1 Å². The molecular formula is C24H28N6O2. The van der Waals surface area contributed by atoms with E-state index < -0.39 is 0 Å². The normalized spacial score (nSPS) is 32.8. The molecule has 4 saturated heterocycles. The molecule has 0 spiro atoms. The summed E-state index contributed by atoms with van der Waals surface area (Å²) in [5.41, 5.74) is 2.29. The second-order valence-corrected chi connectivity index (χ2v) is 9.60. The van der Waals surface area contributed by atoms with Gasteiger partial charge in [0.25, 0.3) is 5.91 Å². The maximum Gasteiger partial charge on any atom is 0.253 e. The van der Waals surface area contributed by atoms with Crippen molar-refractivity contribution in [2.75, 3.05) is 63.1 Å². The van der Waals surface area contributed by atoms with E-state index in [0.717, 1.165) is 39.3 Å². The van der Waals surface area contributed by atoms with Crippen LogP contribution in [0.3, 0.4) is 0 Å². The zero-order valence-corrected chi connectivity index (χ0v) is 18.3. The highest BCUT2D eigenvalue weighted by atomic mass is 16.2. The molecule has 1 aromatic heterocycles. The molecule has 0 radical (unpaired) electrons. The highest BCUT2D eigenvalue weighted by Gasteiger charge is 2.55. The zero-order valence-electron chi connectivity index (χ0n) is 18.3. The van der Waals surface area contributed by atoms with Crippen LogP contribution in [0.2, 0.25) is 0 Å². The summed E-state index contributed by atoms with van der Waals surface area (Å²) in [5, 5.41) is 6.44. The molecule has 0 aliphatic carbocycles. The van der Waals surface area contributed by atoms with Crippen molar-refractivity contribution in [2.24, 2.45) is 5.92 Å². The number of carbonyl (C=O) groups is 2. The summed E-state index contributed by atoms with van der Waals surface area (Å²) in [4.78, 5) is 36.7. The van der Waals surface area contributed by atoms with Gasteiger partial charge in [-0.1, -0.05) is 30.3 Å². The maximum absolute atomic E-state index is 13.5. The Bertz CT molecular complexity index is 1060. The van der Waals surface area contributed by atoms with Crippen LogP contribution in [-0.2, 0) is 10.2 Å². The van der Waals surface area contributed by atoms with Crippen LogP contribution >= 0.6 is 0 Å². The molecule has 6 heterocycles. The van der Waals surface area contributed by atoms with E-state index in [4.69, 9.17) is 0 Å². The smallest absolute Gasteiger partial charge is 0.253 e. The Balaban J connectivity index is 1.34. The number of hydrogen-bond donors (Lipinski definition) is 2. The van der Waals surface area contributed by atoms with Gasteiger partial charge in [-0.2, -0.15) is 0 Å². The molecule has 7 rings (SSSR count). The van der Waals surface area contributed by atoms with Crippen molar-refractivity contribution in [2.45, 2.75) is 11.5 Å². The minimum atomic E-state index is -0.134. The summed E-state index contributed by atoms with van der Waals surface area (Å²) in [7, 11) is 1.72. The summed E-state index contributed by atoms with van der Waals surface area (Å²) in [5.74, 6) is 0.847. The Morgan fingerprint density at radius 2 is 1.88 bits per heavy atom. The van der Waals surface area contributed by atoms with Gasteiger partial charge in [0.05, 0.1) is 17.8 Å². The molecule has 5 aliphatic rings. The number of pyridine rings is 1. The molecule has 5 aliphatic heterocycles. The fourth-order valence-corrected chi connectivity index (χ4v) is 6.17. The standard InChI is InChI=1S/C24H28N6O2/c1-28-19-9-16(10-25-22(19)26-11-20(28)31)23(32)27-21-17-12-29-7-8-30(13-17)15-24(21,14-29)18-5-3-2-4-6-18/h2-6,9-10,17,21H,7-8,11-15H2,1H3,(H,25,26)(H,27,32). The lowest BCUT2D eigenvalue weighted by Crippen LogP contribution is -2.70. The minimum absolute atomic E-state index is 0.0414. The fourth-order valence-electron chi connectivity index (χ4n) is 6.17. The molecule has 2 aromatic rings. The van der Waals surface area contributed by atoms with Gasteiger partial charge in [-0.3, -0.25) is 9.59 Å². The van der Waals surface area contributed by atoms with Gasteiger partial charge in [0, 0.05) is 69.9 Å². The van der Waals surface area contributed by atoms with Crippen molar-refractivity contribution >= 4 is 23.3 Å². The van der Waals surface area contributed by atoms with Gasteiger partial charge in [0.1, 0.15) is 5.82 Å². The predicted molar refractivity (Wildman–Crippen MR) is 122 cm³/mol. The van der Waals surface area contributed by atoms with E-state index in [1.165, 1.54) is 5.56 Å². The highest BCUT2D eigenvalue weighted by Crippen LogP contribution is 2.43. The summed E-state index contributed by atoms with van der Waals surface area (Å²) in [6.07, 6.45) is 1.61. The summed E-state index contributed by atoms with van der Waals surface area (Å²) in [6, 6.07) is 12.5. The molecule has 1 aromatic carbocycles. The van der Waals surface area contributed by atoms with Crippen LogP contribution in [0, 0.1) is 5.92 Å². The number of benzene rings is 1. The number of amides is 2. The average Bonchev–Trinajstić information content (AvgIpc) is 3.07. The molecule has 2 N–H and O–H groups in total. The number of carbonyl (C=O) groups excluding carboxylic acids is 2. The molecule has 4 fully saturated rings. The first-order valence-electron chi connectivity index (χ1n) is 11.3. The van der Waals surface area contributed by atoms with E-state index in [9.17, 15) is 9.59 Å². The number of rotatable bonds is 3. The van der Waals surface area contributed by atoms with Gasteiger partial charge in [-0.05, 0) is 11.6 Å². The Labute approximate surface area is 187 Å². The van der Waals surface area contributed by atoms with Crippen LogP contribution < -0.4 is 15.5 Å². The monoisotopic (exact) mass is 432 g/mol. The molecular weight excluding hydrogens is 404 g/mol. The SMILES string of the molecule is CN1C(=O)CNc2ncc(C(=O)NC3C4CN5CCN(C4)CC3(c3ccccc3)C5)cc21. The lowest BCUT2D eigenvalue weighted by Gasteiger charge is -2.55. The van der Waals surface area contributed by atoms with Crippen molar-refractivity contribution in [3.63, 3.8) is 0 Å². The fraction of sp³-hybridized carbons (Fsp3) is 0.458. The zero-order chi connectivity index (χ0) is 21.9. The van der Waals surface area contributed by atoms with E-state index in [1.54, 1.807) is 24.2 Å². The molecule has 8 nitrogen and oxygen atoms in total. The first-order chi connectivity index (χ1) is 15.5. The molecule has 166 valence electrons. The highest BCUT2D eigenvalue weighted by molar-refractivity contribution is 6.03. The Morgan fingerprint density at radius 1 is 1.16 bits per heavy atom. The molecule has 3 unspecified atom stereocenters. The third-order valence-corrected chi connectivity index (χ3v) is 7.70. The number of likely N-dealkylation sites (N-methyl/N-ethyl adjacent to an activating group) is 1. The van der Waals surface area contributed by atoms with Crippen molar-refractivity contribution in [1.29, 1.82) is 0 Å². The second kappa shape index (κ2) is 7.28. The lowest BCUT2D eigenvalue weighted by molar-refractivity contribution is -0.116. The number of anilines is 2. The molecule has 3 atom stereocenters. The Hall–Kier alpha value is -2.97. The van der Waals surface area contributed by atoms with Crippen LogP contribution in [0.4, 0.5) is 11.5 Å². The lowest BCUT2D eigenvalue weighted by atomic mass is 9.64. The number of fused-ring (bicyclic) bond motifs is 2. The Kier molecular flexibility index (Phi) is 4.48. The van der Waals surface area contributed by atoms with E-state index >= 15 is 0 Å². The molecule has 4 bridgehead atoms. The topological polar surface area (TPSA) is 80.8 Å². The quantitative estimate of drug-likeness (QED) is 0.746. The van der Waals surface area contributed by atoms with Gasteiger partial charge < -0.3 is 25.3 Å². The largest absolute Gasteiger partial charge is 0.359 e. The van der Waals surface area contributed by atoms with E-state index in [-0.39, 0.29) is 29.8 Å². The van der Waals surface area contributed by atoms with Crippen molar-refractivity contribution in [3.8, 4) is 0 Å². The number of aromatic nitrogens is 1. The Morgan fingerprint density at radius 3 is 2.59 bits per heavy atom. The van der Waals surface area contributed by atoms with Crippen molar-refractivity contribution < 1.29 is 9.59 Å². The van der Waals surface area contributed by atoms with E-state index in [0.29, 0.717) is 23.0 Å². The van der Waals surface area contributed by atoms with Crippen LogP contribution in [0.5, 0.6) is 0 Å². The predicted octanol–water partition coefficient (Wildman–Crippen LogP) is 0.767. The molecule has 2 amide bonds. The van der Waals surface area contributed by atoms with Gasteiger partial charge in [-0.25, -0.2) is 4.98 Å². The average molecular weight is 433 g/mol. The van der Waals surface area contributed by atoms with E-state index in [2.05, 4.69) is 55.7 Å². The summed E-state index contributed by atoms with van der Waals surface area (Å²) in [6.45, 7) is 6.34. The molecule has 0 saturated carbocycles. The van der Waals surface area contributed by atoms with Gasteiger partial charge >= 0.3 is 0 Å². The number of piperidine rings is 2. The molecule has 8 heteroatoms. The van der Waals surface area contributed by atoms with Crippen LogP contribution in [0.25, 0.3) is 0 Å². The first-order valence-corrected chi connectivity index (χ1v) is 11.3. The first kappa shape index (κ1) is 19.7. The summed E-state index contributed by atoms with van der Waals surface area (Å²) >= 11 is 0. The molecule has 32 heavy (non-hydrogen) atoms. The van der Waals surface area contributed by atoms with Crippen LogP contribution in [0.1, 0.15) is 15.9 Å². The number of nitrogens with one attached hydrogen (secondary N) is 2.